The summed E-state index contributed by atoms with van der Waals surface area (Å²) in [5.74, 6) is -0.000116. The molecule has 2 rings (SSSR count). The molecule has 1 heterocycles. The minimum Gasteiger partial charge on any atom is -0.489 e. The summed E-state index contributed by atoms with van der Waals surface area (Å²) in [5, 5.41) is 0. The summed E-state index contributed by atoms with van der Waals surface area (Å²) in [6.45, 7) is 3.15. The molecule has 1 saturated heterocycles. The van der Waals surface area contributed by atoms with Gasteiger partial charge in [0.05, 0.1) is 6.04 Å². The zero-order valence-corrected chi connectivity index (χ0v) is 10.6. The second kappa shape index (κ2) is 6.71. The van der Waals surface area contributed by atoms with Crippen molar-refractivity contribution in [3.63, 3.8) is 0 Å². The van der Waals surface area contributed by atoms with E-state index in [1.807, 2.05) is 0 Å². The number of ether oxygens (including phenoxy) is 1. The van der Waals surface area contributed by atoms with E-state index >= 15 is 0 Å². The third-order valence-electron chi connectivity index (χ3n) is 3.45. The fourth-order valence-corrected chi connectivity index (χ4v) is 2.35. The average Bonchev–Trinajstić information content (AvgIpc) is 2.42. The van der Waals surface area contributed by atoms with Gasteiger partial charge in [0.25, 0.3) is 0 Å². The molecule has 0 bridgehead atoms. The van der Waals surface area contributed by atoms with Gasteiger partial charge in [-0.25, -0.2) is 4.39 Å². The highest BCUT2D eigenvalue weighted by Gasteiger charge is 2.20. The first kappa shape index (κ1) is 13.3. The van der Waals surface area contributed by atoms with Gasteiger partial charge in [-0.3, -0.25) is 4.90 Å². The van der Waals surface area contributed by atoms with E-state index in [0.29, 0.717) is 18.9 Å². The quantitative estimate of drug-likeness (QED) is 0.871. The summed E-state index contributed by atoms with van der Waals surface area (Å²) in [6, 6.07) is 6.68. The number of halogens is 1. The first-order chi connectivity index (χ1) is 8.81. The zero-order chi connectivity index (χ0) is 12.8. The van der Waals surface area contributed by atoms with Crippen molar-refractivity contribution in [1.82, 2.24) is 4.90 Å². The van der Waals surface area contributed by atoms with Crippen LogP contribution < -0.4 is 10.5 Å². The third-order valence-corrected chi connectivity index (χ3v) is 3.45. The van der Waals surface area contributed by atoms with Gasteiger partial charge in [0, 0.05) is 6.54 Å². The van der Waals surface area contributed by atoms with Gasteiger partial charge in [0.15, 0.2) is 11.6 Å². The minimum atomic E-state index is -0.313. The van der Waals surface area contributed by atoms with Crippen LogP contribution in [0.3, 0.4) is 0 Å². The van der Waals surface area contributed by atoms with Gasteiger partial charge in [0.1, 0.15) is 6.61 Å². The summed E-state index contributed by atoms with van der Waals surface area (Å²) < 4.78 is 19.0. The molecule has 3 nitrogen and oxygen atoms in total. The predicted molar refractivity (Wildman–Crippen MR) is 70.2 cm³/mol. The maximum atomic E-state index is 13.4. The Morgan fingerprint density at radius 2 is 1.94 bits per heavy atom. The third kappa shape index (κ3) is 3.43. The molecule has 1 aromatic rings. The van der Waals surface area contributed by atoms with E-state index in [4.69, 9.17) is 10.5 Å². The van der Waals surface area contributed by atoms with Crippen molar-refractivity contribution in [3.05, 3.63) is 30.1 Å². The Labute approximate surface area is 108 Å². The molecular weight excluding hydrogens is 231 g/mol. The maximum Gasteiger partial charge on any atom is 0.165 e. The molecule has 0 spiro atoms. The largest absolute Gasteiger partial charge is 0.489 e. The van der Waals surface area contributed by atoms with Crippen LogP contribution in [0.5, 0.6) is 5.75 Å². The van der Waals surface area contributed by atoms with Crippen LogP contribution >= 0.6 is 0 Å². The lowest BCUT2D eigenvalue weighted by Gasteiger charge is -2.33. The van der Waals surface area contributed by atoms with E-state index in [2.05, 4.69) is 4.90 Å². The Morgan fingerprint density at radius 3 is 2.61 bits per heavy atom. The van der Waals surface area contributed by atoms with Crippen molar-refractivity contribution >= 4 is 0 Å². The lowest BCUT2D eigenvalue weighted by molar-refractivity contribution is 0.116. The molecule has 18 heavy (non-hydrogen) atoms. The van der Waals surface area contributed by atoms with Gasteiger partial charge in [-0.1, -0.05) is 18.6 Å². The topological polar surface area (TPSA) is 38.5 Å². The van der Waals surface area contributed by atoms with Crippen LogP contribution in [0, 0.1) is 5.82 Å². The smallest absolute Gasteiger partial charge is 0.165 e. The van der Waals surface area contributed by atoms with E-state index in [-0.39, 0.29) is 11.9 Å². The van der Waals surface area contributed by atoms with Crippen molar-refractivity contribution in [2.24, 2.45) is 5.73 Å². The summed E-state index contributed by atoms with van der Waals surface area (Å²) in [4.78, 5) is 2.35. The van der Waals surface area contributed by atoms with E-state index in [9.17, 15) is 4.39 Å². The number of piperidine rings is 1. The highest BCUT2D eigenvalue weighted by atomic mass is 19.1. The second-order valence-electron chi connectivity index (χ2n) is 4.73. The van der Waals surface area contributed by atoms with Gasteiger partial charge in [-0.15, -0.1) is 0 Å². The SMILES string of the molecule is NCC(COc1ccccc1F)N1CCCCC1. The normalized spacial score (nSPS) is 18.6. The molecule has 1 unspecified atom stereocenters. The summed E-state index contributed by atoms with van der Waals surface area (Å²) in [6.07, 6.45) is 3.73. The maximum absolute atomic E-state index is 13.4. The summed E-state index contributed by atoms with van der Waals surface area (Å²) >= 11 is 0. The molecular formula is C14H21FN2O. The molecule has 0 saturated carbocycles. The molecule has 100 valence electrons. The fraction of sp³-hybridized carbons (Fsp3) is 0.571. The van der Waals surface area contributed by atoms with Gasteiger partial charge < -0.3 is 10.5 Å². The number of nitrogens with two attached hydrogens (primary N) is 1. The molecule has 0 amide bonds. The van der Waals surface area contributed by atoms with Crippen molar-refractivity contribution in [2.45, 2.75) is 25.3 Å². The van der Waals surface area contributed by atoms with Crippen molar-refractivity contribution in [2.75, 3.05) is 26.2 Å². The van der Waals surface area contributed by atoms with Crippen molar-refractivity contribution < 1.29 is 9.13 Å². The molecule has 1 fully saturated rings. The Kier molecular flexibility index (Phi) is 4.96. The Balaban J connectivity index is 1.88. The Bertz CT molecular complexity index is 367. The molecule has 1 aliphatic heterocycles. The molecule has 0 radical (unpaired) electrons. The number of hydrogen-bond donors (Lipinski definition) is 1. The number of benzene rings is 1. The molecule has 1 aromatic carbocycles. The van der Waals surface area contributed by atoms with Gasteiger partial charge >= 0.3 is 0 Å². The van der Waals surface area contributed by atoms with E-state index in [1.54, 1.807) is 18.2 Å². The molecule has 0 aliphatic carbocycles. The van der Waals surface area contributed by atoms with Crippen LogP contribution in [-0.4, -0.2) is 37.2 Å². The number of likely N-dealkylation sites (tertiary alicyclic amines) is 1. The van der Waals surface area contributed by atoms with Gasteiger partial charge in [-0.05, 0) is 38.1 Å². The Morgan fingerprint density at radius 1 is 1.22 bits per heavy atom. The van der Waals surface area contributed by atoms with E-state index < -0.39 is 0 Å². The highest BCUT2D eigenvalue weighted by molar-refractivity contribution is 5.23. The molecule has 4 heteroatoms. The Hall–Kier alpha value is -1.13. The lowest BCUT2D eigenvalue weighted by atomic mass is 10.1. The number of nitrogens with zero attached hydrogens (tertiary/aromatic N) is 1. The van der Waals surface area contributed by atoms with Crippen molar-refractivity contribution in [3.8, 4) is 5.75 Å². The van der Waals surface area contributed by atoms with Crippen LogP contribution in [0.2, 0.25) is 0 Å². The average molecular weight is 252 g/mol. The van der Waals surface area contributed by atoms with E-state index in [1.165, 1.54) is 25.3 Å². The van der Waals surface area contributed by atoms with Crippen LogP contribution in [0.1, 0.15) is 19.3 Å². The summed E-state index contributed by atoms with van der Waals surface area (Å²) in [5.41, 5.74) is 5.79. The van der Waals surface area contributed by atoms with Crippen LogP contribution in [0.15, 0.2) is 24.3 Å². The fourth-order valence-electron chi connectivity index (χ4n) is 2.35. The van der Waals surface area contributed by atoms with Crippen LogP contribution in [0.25, 0.3) is 0 Å². The van der Waals surface area contributed by atoms with Gasteiger partial charge in [-0.2, -0.15) is 0 Å². The highest BCUT2D eigenvalue weighted by Crippen LogP contribution is 2.17. The second-order valence-corrected chi connectivity index (χ2v) is 4.73. The molecule has 2 N–H and O–H groups in total. The van der Waals surface area contributed by atoms with Crippen LogP contribution in [0.4, 0.5) is 4.39 Å². The predicted octanol–water partition coefficient (Wildman–Crippen LogP) is 2.02. The standard InChI is InChI=1S/C14H21FN2O/c15-13-6-2-3-7-14(13)18-11-12(10-16)17-8-4-1-5-9-17/h2-3,6-7,12H,1,4-5,8-11,16H2. The molecule has 1 atom stereocenters. The van der Waals surface area contributed by atoms with E-state index in [0.717, 1.165) is 13.1 Å². The molecule has 1 aliphatic rings. The molecule has 0 aromatic heterocycles. The first-order valence-corrected chi connectivity index (χ1v) is 6.62. The first-order valence-electron chi connectivity index (χ1n) is 6.62. The monoisotopic (exact) mass is 252 g/mol. The zero-order valence-electron chi connectivity index (χ0n) is 10.6. The van der Waals surface area contributed by atoms with Crippen LogP contribution in [-0.2, 0) is 0 Å². The number of rotatable bonds is 5. The minimum absolute atomic E-state index is 0.185. The number of para-hydroxylation sites is 1. The number of hydrogen-bond acceptors (Lipinski definition) is 3. The summed E-state index contributed by atoms with van der Waals surface area (Å²) in [7, 11) is 0. The lowest BCUT2D eigenvalue weighted by Crippen LogP contribution is -2.46. The van der Waals surface area contributed by atoms with Gasteiger partial charge in [0.2, 0.25) is 0 Å². The van der Waals surface area contributed by atoms with Crippen molar-refractivity contribution in [1.29, 1.82) is 0 Å².